The van der Waals surface area contributed by atoms with Crippen LogP contribution in [-0.2, 0) is 9.53 Å². The molecule has 0 unspecified atom stereocenters. The lowest BCUT2D eigenvalue weighted by atomic mass is 10.1. The molecule has 0 fully saturated rings. The number of esters is 1. The Kier molecular flexibility index (Phi) is 6.66. The molecule has 0 N–H and O–H groups in total. The number of carbonyl (C=O) groups is 2. The number of hydrogen-bond acceptors (Lipinski definition) is 5. The molecule has 8 heteroatoms. The van der Waals surface area contributed by atoms with Crippen molar-refractivity contribution in [1.82, 2.24) is 9.55 Å². The fraction of sp³-hybridized carbons (Fsp3) is 0.190. The number of anilines is 1. The molecule has 0 bridgehead atoms. The summed E-state index contributed by atoms with van der Waals surface area (Å²) in [4.78, 5) is 30.6. The van der Waals surface area contributed by atoms with Gasteiger partial charge in [0, 0.05) is 23.6 Å². The van der Waals surface area contributed by atoms with E-state index in [0.717, 1.165) is 15.7 Å². The average Bonchev–Trinajstić information content (AvgIpc) is 3.21. The minimum Gasteiger partial charge on any atom is -0.465 e. The summed E-state index contributed by atoms with van der Waals surface area (Å²) in [5, 5.41) is 0.770. The molecule has 0 radical (unpaired) electrons. The third kappa shape index (κ3) is 4.65. The number of benzene rings is 2. The highest BCUT2D eigenvalue weighted by atomic mass is 32.2. The van der Waals surface area contributed by atoms with E-state index in [-0.39, 0.29) is 18.8 Å². The summed E-state index contributed by atoms with van der Waals surface area (Å²) in [7, 11) is 0. The molecule has 3 aromatic rings. The van der Waals surface area contributed by atoms with E-state index in [1.54, 1.807) is 43.6 Å². The first-order chi connectivity index (χ1) is 14.0. The molecule has 150 valence electrons. The SMILES string of the molecule is CCOC(=O)CN(C(=O)c1cccc(-n2ccnc2SC)c1)c1ccccc1F. The Morgan fingerprint density at radius 3 is 2.72 bits per heavy atom. The number of imidazole rings is 1. The zero-order valence-corrected chi connectivity index (χ0v) is 16.9. The number of aromatic nitrogens is 2. The lowest BCUT2D eigenvalue weighted by Gasteiger charge is -2.22. The summed E-state index contributed by atoms with van der Waals surface area (Å²) in [6.07, 6.45) is 5.38. The summed E-state index contributed by atoms with van der Waals surface area (Å²) >= 11 is 1.48. The summed E-state index contributed by atoms with van der Waals surface area (Å²) in [5.74, 6) is -1.71. The van der Waals surface area contributed by atoms with Gasteiger partial charge in [-0.05, 0) is 43.5 Å². The topological polar surface area (TPSA) is 64.4 Å². The fourth-order valence-corrected chi connectivity index (χ4v) is 3.38. The first kappa shape index (κ1) is 20.6. The van der Waals surface area contributed by atoms with Crippen LogP contribution >= 0.6 is 11.8 Å². The van der Waals surface area contributed by atoms with Crippen molar-refractivity contribution in [2.75, 3.05) is 24.3 Å². The molecule has 29 heavy (non-hydrogen) atoms. The lowest BCUT2D eigenvalue weighted by Crippen LogP contribution is -2.37. The summed E-state index contributed by atoms with van der Waals surface area (Å²) in [6, 6.07) is 12.7. The van der Waals surface area contributed by atoms with Crippen molar-refractivity contribution in [2.45, 2.75) is 12.1 Å². The van der Waals surface area contributed by atoms with E-state index >= 15 is 0 Å². The van der Waals surface area contributed by atoms with E-state index in [0.29, 0.717) is 5.56 Å². The number of hydrogen-bond donors (Lipinski definition) is 0. The highest BCUT2D eigenvalue weighted by Gasteiger charge is 2.24. The summed E-state index contributed by atoms with van der Waals surface area (Å²) < 4.78 is 21.2. The number of amides is 1. The molecule has 1 amide bonds. The fourth-order valence-electron chi connectivity index (χ4n) is 2.85. The maximum atomic E-state index is 14.4. The molecule has 0 saturated heterocycles. The normalized spacial score (nSPS) is 10.6. The van der Waals surface area contributed by atoms with E-state index in [2.05, 4.69) is 4.98 Å². The Hall–Kier alpha value is -3.13. The Morgan fingerprint density at radius 1 is 1.21 bits per heavy atom. The van der Waals surface area contributed by atoms with E-state index in [9.17, 15) is 14.0 Å². The van der Waals surface area contributed by atoms with Crippen LogP contribution in [0.1, 0.15) is 17.3 Å². The maximum Gasteiger partial charge on any atom is 0.326 e. The number of rotatable bonds is 7. The zero-order valence-electron chi connectivity index (χ0n) is 16.0. The second-order valence-electron chi connectivity index (χ2n) is 5.98. The Balaban J connectivity index is 1.99. The van der Waals surface area contributed by atoms with Crippen LogP contribution in [0.4, 0.5) is 10.1 Å². The molecule has 0 aliphatic carbocycles. The number of thioether (sulfide) groups is 1. The van der Waals surface area contributed by atoms with Gasteiger partial charge in [-0.3, -0.25) is 19.1 Å². The molecule has 1 aromatic heterocycles. The first-order valence-corrected chi connectivity index (χ1v) is 10.2. The van der Waals surface area contributed by atoms with E-state index in [4.69, 9.17) is 4.74 Å². The Bertz CT molecular complexity index is 1020. The van der Waals surface area contributed by atoms with Crippen molar-refractivity contribution in [2.24, 2.45) is 0 Å². The van der Waals surface area contributed by atoms with Gasteiger partial charge >= 0.3 is 5.97 Å². The number of para-hydroxylation sites is 1. The first-order valence-electron chi connectivity index (χ1n) is 8.95. The molecule has 0 spiro atoms. The highest BCUT2D eigenvalue weighted by molar-refractivity contribution is 7.98. The van der Waals surface area contributed by atoms with Crippen molar-refractivity contribution in [3.8, 4) is 5.69 Å². The Labute approximate surface area is 172 Å². The van der Waals surface area contributed by atoms with Crippen LogP contribution in [0.15, 0.2) is 66.1 Å². The van der Waals surface area contributed by atoms with Gasteiger partial charge in [0.1, 0.15) is 12.4 Å². The van der Waals surface area contributed by atoms with Crippen LogP contribution < -0.4 is 4.90 Å². The Morgan fingerprint density at radius 2 is 2.00 bits per heavy atom. The van der Waals surface area contributed by atoms with Crippen LogP contribution in [-0.4, -0.2) is 40.8 Å². The molecule has 2 aromatic carbocycles. The standard InChI is InChI=1S/C21H20FN3O3S/c1-3-28-19(26)14-25(18-10-5-4-9-17(18)22)20(27)15-7-6-8-16(13-15)24-12-11-23-21(24)29-2/h4-13H,3,14H2,1-2H3. The smallest absolute Gasteiger partial charge is 0.326 e. The molecule has 0 aliphatic rings. The van der Waals surface area contributed by atoms with Crippen LogP contribution in [0.2, 0.25) is 0 Å². The lowest BCUT2D eigenvalue weighted by molar-refractivity contribution is -0.141. The van der Waals surface area contributed by atoms with Gasteiger partial charge in [0.2, 0.25) is 0 Å². The molecule has 0 aliphatic heterocycles. The monoisotopic (exact) mass is 413 g/mol. The van der Waals surface area contributed by atoms with Gasteiger partial charge in [-0.1, -0.05) is 30.0 Å². The quantitative estimate of drug-likeness (QED) is 0.434. The van der Waals surface area contributed by atoms with Crippen LogP contribution in [0.25, 0.3) is 5.69 Å². The number of halogens is 1. The minimum absolute atomic E-state index is 0.0170. The van der Waals surface area contributed by atoms with Crippen molar-refractivity contribution in [3.63, 3.8) is 0 Å². The van der Waals surface area contributed by atoms with E-state index < -0.39 is 17.7 Å². The zero-order chi connectivity index (χ0) is 20.8. The van der Waals surface area contributed by atoms with Gasteiger partial charge in [-0.25, -0.2) is 9.37 Å². The molecular weight excluding hydrogens is 393 g/mol. The minimum atomic E-state index is -0.612. The van der Waals surface area contributed by atoms with Crippen LogP contribution in [0, 0.1) is 5.82 Å². The summed E-state index contributed by atoms with van der Waals surface area (Å²) in [6.45, 7) is 1.45. The predicted molar refractivity (Wildman–Crippen MR) is 110 cm³/mol. The molecule has 3 rings (SSSR count). The third-order valence-electron chi connectivity index (χ3n) is 4.14. The van der Waals surface area contributed by atoms with Gasteiger partial charge in [-0.15, -0.1) is 0 Å². The summed E-state index contributed by atoms with van der Waals surface area (Å²) in [5.41, 5.74) is 1.07. The predicted octanol–water partition coefficient (Wildman–Crippen LogP) is 3.94. The van der Waals surface area contributed by atoms with Crippen molar-refractivity contribution < 1.29 is 18.7 Å². The molecule has 1 heterocycles. The molecule has 0 atom stereocenters. The molecule has 6 nitrogen and oxygen atoms in total. The van der Waals surface area contributed by atoms with Crippen LogP contribution in [0.5, 0.6) is 0 Å². The van der Waals surface area contributed by atoms with Crippen molar-refractivity contribution in [1.29, 1.82) is 0 Å². The highest BCUT2D eigenvalue weighted by Crippen LogP contribution is 2.23. The largest absolute Gasteiger partial charge is 0.465 e. The van der Waals surface area contributed by atoms with Gasteiger partial charge in [-0.2, -0.15) is 0 Å². The van der Waals surface area contributed by atoms with Crippen molar-refractivity contribution >= 4 is 29.3 Å². The van der Waals surface area contributed by atoms with Gasteiger partial charge in [0.15, 0.2) is 5.16 Å². The van der Waals surface area contributed by atoms with E-state index in [1.807, 2.05) is 16.9 Å². The van der Waals surface area contributed by atoms with Gasteiger partial charge < -0.3 is 4.74 Å². The maximum absolute atomic E-state index is 14.4. The van der Waals surface area contributed by atoms with Crippen molar-refractivity contribution in [3.05, 3.63) is 72.3 Å². The molecule has 0 saturated carbocycles. The van der Waals surface area contributed by atoms with Crippen LogP contribution in [0.3, 0.4) is 0 Å². The third-order valence-corrected chi connectivity index (χ3v) is 4.81. The number of ether oxygens (including phenoxy) is 1. The second kappa shape index (κ2) is 9.38. The molecular formula is C21H20FN3O3S. The van der Waals surface area contributed by atoms with Gasteiger partial charge in [0.05, 0.1) is 12.3 Å². The van der Waals surface area contributed by atoms with Gasteiger partial charge in [0.25, 0.3) is 5.91 Å². The second-order valence-corrected chi connectivity index (χ2v) is 6.76. The average molecular weight is 413 g/mol. The number of carbonyl (C=O) groups excluding carboxylic acids is 2. The number of nitrogens with zero attached hydrogens (tertiary/aromatic N) is 3. The van der Waals surface area contributed by atoms with E-state index in [1.165, 1.54) is 30.0 Å².